The van der Waals surface area contributed by atoms with E-state index in [1.165, 1.54) is 6.20 Å². The molecule has 0 amide bonds. The molecule has 0 bridgehead atoms. The molecule has 2 unspecified atom stereocenters. The maximum atomic E-state index is 9.82. The van der Waals surface area contributed by atoms with E-state index in [0.29, 0.717) is 11.3 Å². The van der Waals surface area contributed by atoms with Gasteiger partial charge in [-0.3, -0.25) is 9.38 Å². The van der Waals surface area contributed by atoms with Crippen LogP contribution in [0.15, 0.2) is 24.8 Å². The van der Waals surface area contributed by atoms with Crippen molar-refractivity contribution in [3.8, 4) is 6.07 Å². The second-order valence-electron chi connectivity index (χ2n) is 3.36. The highest BCUT2D eigenvalue weighted by atomic mass is 16.3. The highest BCUT2D eigenvalue weighted by Crippen LogP contribution is 2.19. The molecule has 2 aromatic rings. The lowest BCUT2D eigenvalue weighted by Gasteiger charge is -2.14. The van der Waals surface area contributed by atoms with E-state index in [-0.39, 0.29) is 6.42 Å². The molecule has 2 atom stereocenters. The van der Waals surface area contributed by atoms with Gasteiger partial charge in [-0.05, 0) is 0 Å². The van der Waals surface area contributed by atoms with Crippen LogP contribution in [0.5, 0.6) is 0 Å². The molecule has 0 aliphatic heterocycles. The van der Waals surface area contributed by atoms with Crippen LogP contribution in [0.2, 0.25) is 0 Å². The topological polar surface area (TPSA) is 94.4 Å². The molecule has 16 heavy (non-hydrogen) atoms. The van der Waals surface area contributed by atoms with Gasteiger partial charge in [0, 0.05) is 12.4 Å². The van der Waals surface area contributed by atoms with Crippen LogP contribution in [0.4, 0.5) is 0 Å². The van der Waals surface area contributed by atoms with Crippen molar-refractivity contribution in [2.24, 2.45) is 0 Å². The molecular formula is C10H10N4O2. The normalized spacial score (nSPS) is 14.6. The molecule has 0 saturated heterocycles. The summed E-state index contributed by atoms with van der Waals surface area (Å²) in [5.74, 6) is 0. The highest BCUT2D eigenvalue weighted by molar-refractivity contribution is 5.37. The molecule has 82 valence electrons. The van der Waals surface area contributed by atoms with Crippen molar-refractivity contribution in [1.82, 2.24) is 14.4 Å². The molecule has 0 saturated carbocycles. The Morgan fingerprint density at radius 2 is 2.25 bits per heavy atom. The van der Waals surface area contributed by atoms with Crippen LogP contribution in [0.3, 0.4) is 0 Å². The fourth-order valence-electron chi connectivity index (χ4n) is 1.48. The first kappa shape index (κ1) is 10.5. The summed E-state index contributed by atoms with van der Waals surface area (Å²) in [5.41, 5.74) is 1.03. The number of aliphatic hydroxyl groups is 2. The number of nitrogens with zero attached hydrogens (tertiary/aromatic N) is 4. The molecule has 6 nitrogen and oxygen atoms in total. The standard InChI is InChI=1S/C10H10N4O2/c11-2-1-8(15)10(16)7-5-13-9-6-12-3-4-14(7)9/h3-6,8,10,15-16H,1H2. The number of imidazole rings is 1. The summed E-state index contributed by atoms with van der Waals surface area (Å²) in [5, 5.41) is 27.8. The molecule has 2 aromatic heterocycles. The zero-order chi connectivity index (χ0) is 11.5. The number of nitriles is 1. The molecule has 2 N–H and O–H groups in total. The van der Waals surface area contributed by atoms with E-state index in [4.69, 9.17) is 5.26 Å². The molecule has 6 heteroatoms. The summed E-state index contributed by atoms with van der Waals surface area (Å²) < 4.78 is 1.62. The third kappa shape index (κ3) is 1.74. The zero-order valence-corrected chi connectivity index (χ0v) is 8.35. The summed E-state index contributed by atoms with van der Waals surface area (Å²) >= 11 is 0. The Kier molecular flexibility index (Phi) is 2.81. The molecule has 0 aromatic carbocycles. The average molecular weight is 218 g/mol. The Labute approximate surface area is 91.4 Å². The van der Waals surface area contributed by atoms with Crippen molar-refractivity contribution in [2.75, 3.05) is 0 Å². The molecule has 0 aliphatic rings. The maximum absolute atomic E-state index is 9.82. The zero-order valence-electron chi connectivity index (χ0n) is 8.35. The average Bonchev–Trinajstić information content (AvgIpc) is 2.72. The minimum absolute atomic E-state index is 0.126. The number of hydrogen-bond donors (Lipinski definition) is 2. The van der Waals surface area contributed by atoms with Crippen LogP contribution in [0, 0.1) is 11.3 Å². The van der Waals surface area contributed by atoms with Gasteiger partial charge >= 0.3 is 0 Å². The van der Waals surface area contributed by atoms with Crippen molar-refractivity contribution in [3.05, 3.63) is 30.5 Å². The quantitative estimate of drug-likeness (QED) is 0.758. The minimum Gasteiger partial charge on any atom is -0.389 e. The van der Waals surface area contributed by atoms with Gasteiger partial charge in [-0.25, -0.2) is 4.98 Å². The summed E-state index contributed by atoms with van der Waals surface area (Å²) in [6.45, 7) is 0. The molecule has 0 spiro atoms. The van der Waals surface area contributed by atoms with Crippen molar-refractivity contribution in [3.63, 3.8) is 0 Å². The molecule has 0 fully saturated rings. The number of aliphatic hydroxyl groups excluding tert-OH is 2. The Morgan fingerprint density at radius 1 is 1.44 bits per heavy atom. The predicted molar refractivity (Wildman–Crippen MR) is 54.2 cm³/mol. The van der Waals surface area contributed by atoms with E-state index in [1.807, 2.05) is 0 Å². The number of fused-ring (bicyclic) bond motifs is 1. The van der Waals surface area contributed by atoms with Gasteiger partial charge in [0.25, 0.3) is 0 Å². The molecule has 2 rings (SSSR count). The lowest BCUT2D eigenvalue weighted by Crippen LogP contribution is -2.18. The summed E-state index contributed by atoms with van der Waals surface area (Å²) in [6.07, 6.45) is 3.84. The van der Waals surface area contributed by atoms with Crippen LogP contribution >= 0.6 is 0 Å². The van der Waals surface area contributed by atoms with E-state index >= 15 is 0 Å². The first-order chi connectivity index (χ1) is 7.74. The van der Waals surface area contributed by atoms with E-state index in [9.17, 15) is 10.2 Å². The fraction of sp³-hybridized carbons (Fsp3) is 0.300. The van der Waals surface area contributed by atoms with E-state index in [1.54, 1.807) is 29.1 Å². The second-order valence-corrected chi connectivity index (χ2v) is 3.36. The van der Waals surface area contributed by atoms with E-state index < -0.39 is 12.2 Å². The second kappa shape index (κ2) is 4.26. The van der Waals surface area contributed by atoms with Crippen LogP contribution in [-0.4, -0.2) is 30.7 Å². The molecular weight excluding hydrogens is 208 g/mol. The van der Waals surface area contributed by atoms with E-state index in [2.05, 4.69) is 9.97 Å². The van der Waals surface area contributed by atoms with Gasteiger partial charge in [-0.15, -0.1) is 0 Å². The minimum atomic E-state index is -1.13. The fourth-order valence-corrected chi connectivity index (χ4v) is 1.48. The third-order valence-electron chi connectivity index (χ3n) is 2.31. The third-order valence-corrected chi connectivity index (χ3v) is 2.31. The van der Waals surface area contributed by atoms with Crippen molar-refractivity contribution in [2.45, 2.75) is 18.6 Å². The SMILES string of the molecule is N#CCC(O)C(O)c1cnc2cnccn12. The van der Waals surface area contributed by atoms with Gasteiger partial charge in [0.15, 0.2) is 5.65 Å². The van der Waals surface area contributed by atoms with Crippen LogP contribution in [-0.2, 0) is 0 Å². The maximum Gasteiger partial charge on any atom is 0.155 e. The van der Waals surface area contributed by atoms with Gasteiger partial charge in [-0.1, -0.05) is 0 Å². The predicted octanol–water partition coefficient (Wildman–Crippen LogP) is 0.0373. The lowest BCUT2D eigenvalue weighted by atomic mass is 10.1. The van der Waals surface area contributed by atoms with Crippen molar-refractivity contribution >= 4 is 5.65 Å². The largest absolute Gasteiger partial charge is 0.389 e. The van der Waals surface area contributed by atoms with Gasteiger partial charge < -0.3 is 10.2 Å². The van der Waals surface area contributed by atoms with Gasteiger partial charge in [0.1, 0.15) is 6.10 Å². The first-order valence-corrected chi connectivity index (χ1v) is 4.74. The Balaban J connectivity index is 2.37. The summed E-state index contributed by atoms with van der Waals surface area (Å²) in [7, 11) is 0. The molecule has 0 aliphatic carbocycles. The first-order valence-electron chi connectivity index (χ1n) is 4.74. The molecule has 2 heterocycles. The van der Waals surface area contributed by atoms with Crippen LogP contribution < -0.4 is 0 Å². The van der Waals surface area contributed by atoms with Crippen molar-refractivity contribution in [1.29, 1.82) is 5.26 Å². The lowest BCUT2D eigenvalue weighted by molar-refractivity contribution is 0.0185. The number of hydrogen-bond acceptors (Lipinski definition) is 5. The van der Waals surface area contributed by atoms with Gasteiger partial charge in [-0.2, -0.15) is 5.26 Å². The summed E-state index contributed by atoms with van der Waals surface area (Å²) in [6, 6.07) is 1.81. The van der Waals surface area contributed by atoms with Crippen molar-refractivity contribution < 1.29 is 10.2 Å². The highest BCUT2D eigenvalue weighted by Gasteiger charge is 2.21. The molecule has 0 radical (unpaired) electrons. The number of aromatic nitrogens is 3. The van der Waals surface area contributed by atoms with Gasteiger partial charge in [0.2, 0.25) is 0 Å². The number of rotatable bonds is 3. The van der Waals surface area contributed by atoms with Gasteiger partial charge in [0.05, 0.1) is 36.7 Å². The van der Waals surface area contributed by atoms with E-state index in [0.717, 1.165) is 0 Å². The van der Waals surface area contributed by atoms with Crippen LogP contribution in [0.1, 0.15) is 18.2 Å². The monoisotopic (exact) mass is 218 g/mol. The Morgan fingerprint density at radius 3 is 3.00 bits per heavy atom. The van der Waals surface area contributed by atoms with Crippen LogP contribution in [0.25, 0.3) is 5.65 Å². The Hall–Kier alpha value is -1.97. The smallest absolute Gasteiger partial charge is 0.155 e. The summed E-state index contributed by atoms with van der Waals surface area (Å²) in [4.78, 5) is 7.92. The Bertz CT molecular complexity index is 531.